The van der Waals surface area contributed by atoms with Gasteiger partial charge in [-0.2, -0.15) is 4.31 Å². The lowest BCUT2D eigenvalue weighted by molar-refractivity contribution is -0.131. The molecule has 38 heavy (non-hydrogen) atoms. The highest BCUT2D eigenvalue weighted by Crippen LogP contribution is 2.58. The molecular weight excluding hydrogens is 566 g/mol. The third kappa shape index (κ3) is 8.01. The number of phosphoric acid groups is 2. The average Bonchev–Trinajstić information content (AvgIpc) is 3.37. The Kier molecular flexibility index (Phi) is 10.9. The number of aldehydes is 1. The van der Waals surface area contributed by atoms with E-state index in [0.29, 0.717) is 0 Å². The van der Waals surface area contributed by atoms with Gasteiger partial charge in [0.1, 0.15) is 30.5 Å². The number of phosphoric ester groups is 1. The SMILES string of the molecule is C[C@H](O)[C@@H](O)[C@@H](O)[C@@H](C=O)OP(=O)(O)OP(=O)(O)O.O=c1[nH]cnc2c1ncn2[C@@H]1O[C@H](CO)[C@@H](O)[C@H]1O. The molecule has 1 unspecified atom stereocenters. The number of fused-ring (bicyclic) bond motifs is 1. The van der Waals surface area contributed by atoms with E-state index in [1.807, 2.05) is 0 Å². The van der Waals surface area contributed by atoms with Crippen LogP contribution in [-0.2, 0) is 27.5 Å². The summed E-state index contributed by atoms with van der Waals surface area (Å²) in [5.41, 5.74) is -0.0608. The van der Waals surface area contributed by atoms with E-state index in [0.717, 1.165) is 6.92 Å². The van der Waals surface area contributed by atoms with Gasteiger partial charge < -0.3 is 59.8 Å². The highest BCUT2D eigenvalue weighted by atomic mass is 31.3. The van der Waals surface area contributed by atoms with Crippen molar-refractivity contribution >= 4 is 33.1 Å². The molecule has 0 radical (unpaired) electrons. The van der Waals surface area contributed by atoms with Crippen LogP contribution in [0.2, 0.25) is 0 Å². The highest BCUT2D eigenvalue weighted by molar-refractivity contribution is 7.60. The van der Waals surface area contributed by atoms with Crippen LogP contribution in [0.25, 0.3) is 11.2 Å². The zero-order chi connectivity index (χ0) is 29.0. The van der Waals surface area contributed by atoms with Gasteiger partial charge in [0.2, 0.25) is 0 Å². The Morgan fingerprint density at radius 2 is 1.79 bits per heavy atom. The molecule has 0 aliphatic carbocycles. The first kappa shape index (κ1) is 32.2. The fourth-order valence-corrected chi connectivity index (χ4v) is 4.83. The maximum atomic E-state index is 11.5. The van der Waals surface area contributed by atoms with Crippen molar-refractivity contribution in [2.75, 3.05) is 6.61 Å². The summed E-state index contributed by atoms with van der Waals surface area (Å²) in [5.74, 6) is 0. The topological polar surface area (TPSA) is 325 Å². The molecule has 1 saturated heterocycles. The van der Waals surface area contributed by atoms with Gasteiger partial charge in [-0.15, -0.1) is 0 Å². The van der Waals surface area contributed by atoms with Crippen LogP contribution in [0.3, 0.4) is 0 Å². The molecule has 1 fully saturated rings. The molecule has 22 heteroatoms. The number of aromatic nitrogens is 4. The van der Waals surface area contributed by atoms with Gasteiger partial charge >= 0.3 is 15.6 Å². The number of aromatic amines is 1. The molecule has 3 rings (SSSR count). The van der Waals surface area contributed by atoms with Gasteiger partial charge in [-0.25, -0.2) is 19.1 Å². The molecule has 1 aliphatic heterocycles. The normalized spacial score (nSPS) is 26.6. The predicted octanol–water partition coefficient (Wildman–Crippen LogP) is -4.39. The van der Waals surface area contributed by atoms with Crippen molar-refractivity contribution in [1.29, 1.82) is 0 Å². The number of rotatable bonds is 10. The highest BCUT2D eigenvalue weighted by Gasteiger charge is 2.44. The van der Waals surface area contributed by atoms with E-state index in [1.165, 1.54) is 17.2 Å². The van der Waals surface area contributed by atoms with E-state index in [1.54, 1.807) is 0 Å². The first-order chi connectivity index (χ1) is 17.5. The third-order valence-corrected chi connectivity index (χ3v) is 7.12. The minimum atomic E-state index is -5.37. The average molecular weight is 592 g/mol. The quantitative estimate of drug-likeness (QED) is 0.0919. The van der Waals surface area contributed by atoms with E-state index >= 15 is 0 Å². The lowest BCUT2D eigenvalue weighted by Gasteiger charge is -2.25. The Hall–Kier alpha value is -2.00. The van der Waals surface area contributed by atoms with Gasteiger partial charge in [0.05, 0.1) is 25.4 Å². The summed E-state index contributed by atoms with van der Waals surface area (Å²) in [6, 6.07) is 0. The molecule has 20 nitrogen and oxygen atoms in total. The Labute approximate surface area is 211 Å². The van der Waals surface area contributed by atoms with E-state index < -0.39 is 76.8 Å². The van der Waals surface area contributed by atoms with Crippen LogP contribution in [0.5, 0.6) is 0 Å². The van der Waals surface area contributed by atoms with Crippen molar-refractivity contribution in [3.05, 3.63) is 23.0 Å². The van der Waals surface area contributed by atoms with E-state index in [4.69, 9.17) is 29.6 Å². The zero-order valence-electron chi connectivity index (χ0n) is 19.2. The van der Waals surface area contributed by atoms with Crippen LogP contribution < -0.4 is 5.56 Å². The molecular formula is C16H26N4O16P2. The molecule has 0 amide bonds. The standard InChI is InChI=1S/C10H12N4O5.C6H14O11P2/c15-1-4-6(16)7(17)10(19-4)14-3-13-5-8(14)11-2-12-9(5)18;1-3(8)5(9)6(10)4(2-7)16-19(14,15)17-18(11,12)13/h2-4,6-7,10,15-17H,1H2,(H,11,12,18);2-6,8-10H,1H3,(H,14,15)(H2,11,12,13)/t4-,6-,7-,10-;3-,4+,5+,6-/m10/s1. The number of ether oxygens (including phenoxy) is 1. The largest absolute Gasteiger partial charge is 0.481 e. The number of aliphatic hydroxyl groups excluding tert-OH is 6. The summed E-state index contributed by atoms with van der Waals surface area (Å²) in [4.78, 5) is 57.9. The lowest BCUT2D eigenvalue weighted by atomic mass is 10.1. The minimum Gasteiger partial charge on any atom is -0.394 e. The van der Waals surface area contributed by atoms with Gasteiger partial charge in [-0.05, 0) is 6.92 Å². The number of nitrogens with one attached hydrogen (secondary N) is 1. The number of hydrogen-bond acceptors (Lipinski definition) is 15. The van der Waals surface area contributed by atoms with Crippen LogP contribution >= 0.6 is 15.6 Å². The second-order valence-corrected chi connectivity index (χ2v) is 10.5. The fraction of sp³-hybridized carbons (Fsp3) is 0.625. The number of imidazole rings is 1. The van der Waals surface area contributed by atoms with Crippen LogP contribution in [-0.4, -0.2) is 120 Å². The van der Waals surface area contributed by atoms with Crippen molar-refractivity contribution in [2.24, 2.45) is 0 Å². The molecule has 0 aromatic carbocycles. The number of hydrogen-bond donors (Lipinski definition) is 10. The summed E-state index contributed by atoms with van der Waals surface area (Å²) in [6.07, 6.45) is -9.65. The maximum Gasteiger partial charge on any atom is 0.481 e. The summed E-state index contributed by atoms with van der Waals surface area (Å²) >= 11 is 0. The third-order valence-electron chi connectivity index (χ3n) is 4.94. The summed E-state index contributed by atoms with van der Waals surface area (Å²) in [7, 11) is -10.7. The smallest absolute Gasteiger partial charge is 0.394 e. The molecule has 0 bridgehead atoms. The molecule has 2 aromatic heterocycles. The number of aliphatic hydroxyl groups is 6. The number of H-pyrrole nitrogens is 1. The van der Waals surface area contributed by atoms with Crippen LogP contribution in [0.1, 0.15) is 13.2 Å². The van der Waals surface area contributed by atoms with Crippen LogP contribution in [0, 0.1) is 0 Å². The van der Waals surface area contributed by atoms with Gasteiger partial charge in [-0.3, -0.25) is 13.9 Å². The molecule has 0 spiro atoms. The second kappa shape index (κ2) is 12.9. The van der Waals surface area contributed by atoms with E-state index in [9.17, 15) is 39.1 Å². The Morgan fingerprint density at radius 1 is 1.16 bits per heavy atom. The van der Waals surface area contributed by atoms with Crippen LogP contribution in [0.4, 0.5) is 0 Å². The van der Waals surface area contributed by atoms with Gasteiger partial charge in [0.15, 0.2) is 29.8 Å². The summed E-state index contributed by atoms with van der Waals surface area (Å²) in [6.45, 7) is 0.635. The van der Waals surface area contributed by atoms with Crippen molar-refractivity contribution in [3.8, 4) is 0 Å². The first-order valence-electron chi connectivity index (χ1n) is 10.3. The van der Waals surface area contributed by atoms with Gasteiger partial charge in [0.25, 0.3) is 5.56 Å². The lowest BCUT2D eigenvalue weighted by Crippen LogP contribution is -2.44. The molecule has 2 aromatic rings. The predicted molar refractivity (Wildman–Crippen MR) is 119 cm³/mol. The number of carbonyl (C=O) groups excluding carboxylic acids is 1. The number of carbonyl (C=O) groups is 1. The Morgan fingerprint density at radius 3 is 2.29 bits per heavy atom. The van der Waals surface area contributed by atoms with Crippen molar-refractivity contribution in [3.63, 3.8) is 0 Å². The van der Waals surface area contributed by atoms with Crippen LogP contribution in [0.15, 0.2) is 17.4 Å². The first-order valence-corrected chi connectivity index (χ1v) is 13.4. The molecule has 10 N–H and O–H groups in total. The van der Waals surface area contributed by atoms with Gasteiger partial charge in [-0.1, -0.05) is 0 Å². The monoisotopic (exact) mass is 592 g/mol. The zero-order valence-corrected chi connectivity index (χ0v) is 21.0. The van der Waals surface area contributed by atoms with E-state index in [-0.39, 0.29) is 17.5 Å². The van der Waals surface area contributed by atoms with Crippen molar-refractivity contribution in [1.82, 2.24) is 19.5 Å². The molecule has 3 heterocycles. The summed E-state index contributed by atoms with van der Waals surface area (Å²) in [5, 5.41) is 56.2. The number of nitrogens with zero attached hydrogens (tertiary/aromatic N) is 3. The second-order valence-electron chi connectivity index (χ2n) is 7.75. The van der Waals surface area contributed by atoms with Gasteiger partial charge in [0, 0.05) is 0 Å². The Bertz CT molecular complexity index is 1230. The fourth-order valence-electron chi connectivity index (χ4n) is 3.11. The van der Waals surface area contributed by atoms with Crippen molar-refractivity contribution < 1.29 is 72.8 Å². The van der Waals surface area contributed by atoms with Crippen molar-refractivity contribution in [2.45, 2.75) is 55.9 Å². The summed E-state index contributed by atoms with van der Waals surface area (Å²) < 4.78 is 35.5. The molecule has 0 saturated carbocycles. The van der Waals surface area contributed by atoms with E-state index in [2.05, 4.69) is 23.8 Å². The Balaban J connectivity index is 0.000000267. The molecule has 216 valence electrons. The molecule has 9 atom stereocenters. The molecule has 1 aliphatic rings. The maximum absolute atomic E-state index is 11.5. The minimum absolute atomic E-state index is 0.111.